The lowest BCUT2D eigenvalue weighted by atomic mass is 10.1. The summed E-state index contributed by atoms with van der Waals surface area (Å²) in [5.74, 6) is 1.64. The number of carbonyl (C=O) groups excluding carboxylic acids is 1. The second kappa shape index (κ2) is 11.5. The Labute approximate surface area is 179 Å². The van der Waals surface area contributed by atoms with Crippen LogP contribution in [0.3, 0.4) is 0 Å². The Kier molecular flexibility index (Phi) is 10.1. The van der Waals surface area contributed by atoms with E-state index in [-0.39, 0.29) is 29.9 Å². The van der Waals surface area contributed by atoms with Gasteiger partial charge >= 0.3 is 0 Å². The number of rotatable bonds is 7. The summed E-state index contributed by atoms with van der Waals surface area (Å²) in [6, 6.07) is 2.77. The second-order valence-electron chi connectivity index (χ2n) is 7.32. The number of guanidine groups is 1. The zero-order valence-corrected chi connectivity index (χ0v) is 19.4. The smallest absolute Gasteiger partial charge is 0.287 e. The molecule has 27 heavy (non-hydrogen) atoms. The Morgan fingerprint density at radius 1 is 1.33 bits per heavy atom. The van der Waals surface area contributed by atoms with Crippen LogP contribution in [0.2, 0.25) is 0 Å². The molecule has 7 nitrogen and oxygen atoms in total. The second-order valence-corrected chi connectivity index (χ2v) is 7.32. The maximum atomic E-state index is 12.0. The van der Waals surface area contributed by atoms with Gasteiger partial charge in [-0.15, -0.1) is 24.0 Å². The van der Waals surface area contributed by atoms with Gasteiger partial charge in [0.25, 0.3) is 5.91 Å². The highest BCUT2D eigenvalue weighted by Crippen LogP contribution is 2.18. The van der Waals surface area contributed by atoms with E-state index in [9.17, 15) is 4.79 Å². The molecule has 2 atom stereocenters. The van der Waals surface area contributed by atoms with Crippen LogP contribution in [0, 0.1) is 12.8 Å². The van der Waals surface area contributed by atoms with Crippen molar-refractivity contribution < 1.29 is 9.21 Å². The molecule has 0 aliphatic carbocycles. The van der Waals surface area contributed by atoms with Crippen LogP contribution < -0.4 is 16.0 Å². The fourth-order valence-corrected chi connectivity index (χ4v) is 3.17. The summed E-state index contributed by atoms with van der Waals surface area (Å²) in [5.41, 5.74) is 0.853. The SMILES string of the molecule is CN=C(NCCCNC(=O)c1occc1C)NC1CN(C(C)C)CC1C.I. The van der Waals surface area contributed by atoms with Crippen molar-refractivity contribution in [2.75, 3.05) is 33.2 Å². The zero-order valence-electron chi connectivity index (χ0n) is 17.0. The van der Waals surface area contributed by atoms with E-state index in [4.69, 9.17) is 4.42 Å². The topological polar surface area (TPSA) is 81.9 Å². The van der Waals surface area contributed by atoms with Gasteiger partial charge in [-0.05, 0) is 39.2 Å². The number of likely N-dealkylation sites (tertiary alicyclic amines) is 1. The van der Waals surface area contributed by atoms with Crippen LogP contribution in [0.15, 0.2) is 21.7 Å². The Morgan fingerprint density at radius 2 is 2.04 bits per heavy atom. The molecular formula is C19H34IN5O2. The molecule has 1 amide bonds. The summed E-state index contributed by atoms with van der Waals surface area (Å²) in [4.78, 5) is 18.8. The third-order valence-electron chi connectivity index (χ3n) is 4.92. The van der Waals surface area contributed by atoms with Crippen LogP contribution in [0.4, 0.5) is 0 Å². The summed E-state index contributed by atoms with van der Waals surface area (Å²) in [7, 11) is 1.79. The summed E-state index contributed by atoms with van der Waals surface area (Å²) in [6.07, 6.45) is 2.34. The highest BCUT2D eigenvalue weighted by atomic mass is 127. The van der Waals surface area contributed by atoms with Crippen LogP contribution in [0.5, 0.6) is 0 Å². The lowest BCUT2D eigenvalue weighted by Gasteiger charge is -2.22. The maximum absolute atomic E-state index is 12.0. The number of halogens is 1. The number of aryl methyl sites for hydroxylation is 1. The van der Waals surface area contributed by atoms with Crippen LogP contribution in [-0.2, 0) is 0 Å². The van der Waals surface area contributed by atoms with E-state index in [1.54, 1.807) is 13.1 Å². The quantitative estimate of drug-likeness (QED) is 0.236. The molecule has 1 aliphatic heterocycles. The van der Waals surface area contributed by atoms with E-state index < -0.39 is 0 Å². The van der Waals surface area contributed by atoms with Gasteiger partial charge in [0.05, 0.1) is 6.26 Å². The van der Waals surface area contributed by atoms with Crippen molar-refractivity contribution in [3.63, 3.8) is 0 Å². The molecule has 0 saturated carbocycles. The molecule has 2 unspecified atom stereocenters. The van der Waals surface area contributed by atoms with Gasteiger partial charge in [-0.25, -0.2) is 0 Å². The molecule has 1 aromatic heterocycles. The molecule has 2 heterocycles. The van der Waals surface area contributed by atoms with Crippen LogP contribution in [0.25, 0.3) is 0 Å². The van der Waals surface area contributed by atoms with Crippen LogP contribution >= 0.6 is 24.0 Å². The average Bonchev–Trinajstić information content (AvgIpc) is 3.19. The monoisotopic (exact) mass is 491 g/mol. The normalized spacial score (nSPS) is 20.4. The molecule has 154 valence electrons. The number of carbonyl (C=O) groups is 1. The van der Waals surface area contributed by atoms with E-state index in [2.05, 4.69) is 46.6 Å². The molecule has 0 radical (unpaired) electrons. The van der Waals surface area contributed by atoms with Crippen molar-refractivity contribution in [2.24, 2.45) is 10.9 Å². The van der Waals surface area contributed by atoms with Gasteiger partial charge in [0.2, 0.25) is 0 Å². The molecule has 8 heteroatoms. The fourth-order valence-electron chi connectivity index (χ4n) is 3.17. The van der Waals surface area contributed by atoms with Crippen molar-refractivity contribution in [3.8, 4) is 0 Å². The zero-order chi connectivity index (χ0) is 19.1. The first-order valence-corrected chi connectivity index (χ1v) is 9.46. The van der Waals surface area contributed by atoms with Crippen molar-refractivity contribution in [1.29, 1.82) is 0 Å². The average molecular weight is 491 g/mol. The molecule has 0 bridgehead atoms. The number of nitrogens with zero attached hydrogens (tertiary/aromatic N) is 2. The lowest BCUT2D eigenvalue weighted by molar-refractivity contribution is 0.0925. The minimum absolute atomic E-state index is 0. The van der Waals surface area contributed by atoms with E-state index >= 15 is 0 Å². The first-order valence-electron chi connectivity index (χ1n) is 9.46. The van der Waals surface area contributed by atoms with E-state index in [0.29, 0.717) is 30.3 Å². The van der Waals surface area contributed by atoms with Gasteiger partial charge in [-0.1, -0.05) is 6.92 Å². The molecule has 0 spiro atoms. The molecule has 1 saturated heterocycles. The summed E-state index contributed by atoms with van der Waals surface area (Å²) >= 11 is 0. The molecule has 2 rings (SSSR count). The lowest BCUT2D eigenvalue weighted by Crippen LogP contribution is -2.47. The van der Waals surface area contributed by atoms with Crippen molar-refractivity contribution in [2.45, 2.75) is 46.2 Å². The Hall–Kier alpha value is -1.29. The largest absolute Gasteiger partial charge is 0.459 e. The molecule has 0 aromatic carbocycles. The number of hydrogen-bond acceptors (Lipinski definition) is 4. The van der Waals surface area contributed by atoms with E-state index in [0.717, 1.165) is 37.6 Å². The Bertz CT molecular complexity index is 617. The van der Waals surface area contributed by atoms with E-state index in [1.807, 2.05) is 6.92 Å². The standard InChI is InChI=1S/C19H33N5O2.HI/c1-13(2)24-11-15(4)16(12-24)23-19(20-5)22-9-6-8-21-18(25)17-14(3)7-10-26-17;/h7,10,13,15-16H,6,8-9,11-12H2,1-5H3,(H,21,25)(H2,20,22,23);1H. The minimum atomic E-state index is -0.163. The number of nitrogens with one attached hydrogen (secondary N) is 3. The van der Waals surface area contributed by atoms with Crippen molar-refractivity contribution in [3.05, 3.63) is 23.7 Å². The molecule has 1 fully saturated rings. The maximum Gasteiger partial charge on any atom is 0.287 e. The van der Waals surface area contributed by atoms with Crippen molar-refractivity contribution in [1.82, 2.24) is 20.9 Å². The first kappa shape index (κ1) is 23.7. The molecule has 1 aromatic rings. The highest BCUT2D eigenvalue weighted by molar-refractivity contribution is 14.0. The Balaban J connectivity index is 0.00000364. The third kappa shape index (κ3) is 6.99. The van der Waals surface area contributed by atoms with Gasteiger partial charge in [0, 0.05) is 50.9 Å². The fraction of sp³-hybridized carbons (Fsp3) is 0.684. The summed E-state index contributed by atoms with van der Waals surface area (Å²) < 4.78 is 5.19. The minimum Gasteiger partial charge on any atom is -0.459 e. The van der Waals surface area contributed by atoms with Gasteiger partial charge in [0.15, 0.2) is 11.7 Å². The van der Waals surface area contributed by atoms with Crippen molar-refractivity contribution >= 4 is 35.8 Å². The van der Waals surface area contributed by atoms with Gasteiger partial charge in [-0.2, -0.15) is 0 Å². The predicted molar refractivity (Wildman–Crippen MR) is 120 cm³/mol. The highest BCUT2D eigenvalue weighted by Gasteiger charge is 2.31. The van der Waals surface area contributed by atoms with Gasteiger partial charge in [0.1, 0.15) is 0 Å². The predicted octanol–water partition coefficient (Wildman–Crippen LogP) is 2.22. The molecule has 1 aliphatic rings. The number of furan rings is 1. The van der Waals surface area contributed by atoms with Gasteiger partial charge < -0.3 is 20.4 Å². The van der Waals surface area contributed by atoms with E-state index in [1.165, 1.54) is 6.26 Å². The number of amides is 1. The number of hydrogen-bond donors (Lipinski definition) is 3. The third-order valence-corrected chi connectivity index (χ3v) is 4.92. The summed E-state index contributed by atoms with van der Waals surface area (Å²) in [6.45, 7) is 12.1. The summed E-state index contributed by atoms with van der Waals surface area (Å²) in [5, 5.41) is 9.73. The Morgan fingerprint density at radius 3 is 2.59 bits per heavy atom. The number of aliphatic imine (C=N–C) groups is 1. The molecular weight excluding hydrogens is 457 g/mol. The molecule has 3 N–H and O–H groups in total. The van der Waals surface area contributed by atoms with Crippen LogP contribution in [-0.4, -0.2) is 62.1 Å². The first-order chi connectivity index (χ1) is 12.4. The van der Waals surface area contributed by atoms with Gasteiger partial charge in [-0.3, -0.25) is 14.7 Å². The van der Waals surface area contributed by atoms with Crippen LogP contribution in [0.1, 0.15) is 43.3 Å².